The average Bonchev–Trinajstić information content (AvgIpc) is 3.56. The minimum Gasteiger partial charge on any atom is -0.444 e. The second kappa shape index (κ2) is 10.2. The quantitative estimate of drug-likeness (QED) is 0.339. The van der Waals surface area contributed by atoms with Gasteiger partial charge in [-0.1, -0.05) is 36.4 Å². The van der Waals surface area contributed by atoms with E-state index in [-0.39, 0.29) is 29.6 Å². The van der Waals surface area contributed by atoms with Crippen LogP contribution in [0.4, 0.5) is 35.0 Å². The minimum absolute atomic E-state index is 0.0999. The molecule has 1 aliphatic rings. The number of benzene rings is 3. The number of hydrogen-bond acceptors (Lipinski definition) is 6. The van der Waals surface area contributed by atoms with Crippen molar-refractivity contribution in [3.63, 3.8) is 0 Å². The normalized spacial score (nSPS) is 16.7. The number of nitrogen functional groups attached to an aromatic ring is 1. The summed E-state index contributed by atoms with van der Waals surface area (Å²) in [7, 11) is 0. The van der Waals surface area contributed by atoms with Gasteiger partial charge >= 0.3 is 12.5 Å². The summed E-state index contributed by atoms with van der Waals surface area (Å²) in [6, 6.07) is 17.2. The lowest BCUT2D eigenvalue weighted by Crippen LogP contribution is -2.21. The van der Waals surface area contributed by atoms with Crippen LogP contribution >= 0.6 is 0 Å². The van der Waals surface area contributed by atoms with Crippen LogP contribution in [0.2, 0.25) is 0 Å². The Morgan fingerprint density at radius 2 is 1.67 bits per heavy atom. The van der Waals surface area contributed by atoms with E-state index in [1.54, 1.807) is 36.4 Å². The number of nitrogens with one attached hydrogen (secondary N) is 2. The topological polar surface area (TPSA) is 129 Å². The zero-order valence-electron chi connectivity index (χ0n) is 18.8. The molecule has 0 heterocycles. The lowest BCUT2D eigenvalue weighted by molar-refractivity contribution is -0.274. The first kappa shape index (κ1) is 24.9. The molecule has 3 aromatic rings. The monoisotopic (exact) mass is 500 g/mol. The highest BCUT2D eigenvalue weighted by Gasteiger charge is 2.34. The van der Waals surface area contributed by atoms with Crippen LogP contribution in [0, 0.1) is 0 Å². The van der Waals surface area contributed by atoms with Crippen LogP contribution < -0.4 is 26.8 Å². The van der Waals surface area contributed by atoms with Crippen molar-refractivity contribution in [3.8, 4) is 5.75 Å². The maximum absolute atomic E-state index is 13.0. The van der Waals surface area contributed by atoms with Gasteiger partial charge in [-0.25, -0.2) is 4.79 Å². The molecule has 4 rings (SSSR count). The van der Waals surface area contributed by atoms with E-state index < -0.39 is 24.1 Å². The van der Waals surface area contributed by atoms with Crippen molar-refractivity contribution >= 4 is 29.1 Å². The van der Waals surface area contributed by atoms with Gasteiger partial charge in [0.15, 0.2) is 5.75 Å². The van der Waals surface area contributed by atoms with E-state index in [1.165, 1.54) is 6.07 Å². The zero-order valence-corrected chi connectivity index (χ0v) is 18.8. The lowest BCUT2D eigenvalue weighted by Gasteiger charge is -2.16. The van der Waals surface area contributed by atoms with E-state index in [1.807, 2.05) is 12.1 Å². The average molecular weight is 500 g/mol. The number of para-hydroxylation sites is 2. The van der Waals surface area contributed by atoms with Gasteiger partial charge in [-0.3, -0.25) is 10.1 Å². The van der Waals surface area contributed by atoms with Crippen molar-refractivity contribution in [2.24, 2.45) is 5.73 Å². The van der Waals surface area contributed by atoms with Gasteiger partial charge in [-0.05, 0) is 47.9 Å². The maximum atomic E-state index is 13.0. The molecule has 6 N–H and O–H groups in total. The molecule has 0 spiro atoms. The predicted molar refractivity (Wildman–Crippen MR) is 128 cm³/mol. The summed E-state index contributed by atoms with van der Waals surface area (Å²) < 4.78 is 48.1. The van der Waals surface area contributed by atoms with Crippen molar-refractivity contribution in [2.45, 2.75) is 31.3 Å². The summed E-state index contributed by atoms with van der Waals surface area (Å²) in [6.45, 7) is -0.0999. The van der Waals surface area contributed by atoms with Crippen LogP contribution in [0.15, 0.2) is 66.7 Å². The zero-order chi connectivity index (χ0) is 25.9. The molecule has 1 aliphatic carbocycles. The highest BCUT2D eigenvalue weighted by atomic mass is 19.4. The molecule has 2 amide bonds. The largest absolute Gasteiger partial charge is 0.573 e. The molecule has 3 aromatic carbocycles. The SMILES string of the molecule is Nc1ccccc1NC(=O)c1ccc(NC(=O)OCc2ccc([C@H]3C[C@@H]3N)cc2)c(OC(F)(F)F)c1. The molecule has 36 heavy (non-hydrogen) atoms. The van der Waals surface area contributed by atoms with Gasteiger partial charge in [0.2, 0.25) is 0 Å². The molecule has 2 atom stereocenters. The lowest BCUT2D eigenvalue weighted by atomic mass is 10.1. The van der Waals surface area contributed by atoms with Gasteiger partial charge in [0.25, 0.3) is 5.91 Å². The smallest absolute Gasteiger partial charge is 0.444 e. The number of rotatable bonds is 7. The van der Waals surface area contributed by atoms with E-state index in [2.05, 4.69) is 15.4 Å². The third-order valence-corrected chi connectivity index (χ3v) is 5.53. The molecule has 0 bridgehead atoms. The number of carbonyl (C=O) groups is 2. The van der Waals surface area contributed by atoms with Gasteiger partial charge in [0.05, 0.1) is 17.1 Å². The summed E-state index contributed by atoms with van der Waals surface area (Å²) in [5, 5.41) is 4.73. The number of amides is 2. The standard InChI is InChI=1S/C25H23F3N4O4/c26-25(27,28)36-22-11-16(23(33)31-20-4-2-1-3-18(20)29)9-10-21(22)32-24(34)35-13-14-5-7-15(8-6-14)17-12-19(17)30/h1-11,17,19H,12-13,29-30H2,(H,31,33)(H,32,34)/t17-,19+/m1/s1. The number of nitrogens with two attached hydrogens (primary N) is 2. The van der Waals surface area contributed by atoms with Crippen molar-refractivity contribution in [3.05, 3.63) is 83.4 Å². The number of alkyl halides is 3. The van der Waals surface area contributed by atoms with E-state index >= 15 is 0 Å². The molecule has 0 saturated heterocycles. The first-order valence-electron chi connectivity index (χ1n) is 10.9. The van der Waals surface area contributed by atoms with Crippen LogP contribution in [0.25, 0.3) is 0 Å². The fourth-order valence-electron chi connectivity index (χ4n) is 3.54. The Bertz CT molecular complexity index is 1260. The Hall–Kier alpha value is -4.25. The molecule has 8 nitrogen and oxygen atoms in total. The number of anilines is 3. The van der Waals surface area contributed by atoms with Gasteiger partial charge in [-0.2, -0.15) is 0 Å². The highest BCUT2D eigenvalue weighted by molar-refractivity contribution is 6.06. The Labute approximate surface area is 204 Å². The third-order valence-electron chi connectivity index (χ3n) is 5.53. The Balaban J connectivity index is 1.42. The molecular formula is C25H23F3N4O4. The van der Waals surface area contributed by atoms with Crippen molar-refractivity contribution in [1.82, 2.24) is 0 Å². The third kappa shape index (κ3) is 6.45. The molecule has 1 fully saturated rings. The van der Waals surface area contributed by atoms with Gasteiger partial charge in [0, 0.05) is 17.5 Å². The van der Waals surface area contributed by atoms with E-state index in [9.17, 15) is 22.8 Å². The van der Waals surface area contributed by atoms with Crippen molar-refractivity contribution in [1.29, 1.82) is 0 Å². The van der Waals surface area contributed by atoms with Crippen LogP contribution in [-0.4, -0.2) is 24.4 Å². The Morgan fingerprint density at radius 1 is 0.972 bits per heavy atom. The van der Waals surface area contributed by atoms with Gasteiger partial charge in [-0.15, -0.1) is 13.2 Å². The van der Waals surface area contributed by atoms with E-state index in [4.69, 9.17) is 16.2 Å². The number of ether oxygens (including phenoxy) is 2. The molecule has 0 unspecified atom stereocenters. The summed E-state index contributed by atoms with van der Waals surface area (Å²) >= 11 is 0. The first-order chi connectivity index (χ1) is 17.1. The maximum Gasteiger partial charge on any atom is 0.573 e. The van der Waals surface area contributed by atoms with Crippen molar-refractivity contribution < 1.29 is 32.2 Å². The molecule has 188 valence electrons. The second-order valence-electron chi connectivity index (χ2n) is 8.25. The highest BCUT2D eigenvalue weighted by Crippen LogP contribution is 2.39. The van der Waals surface area contributed by atoms with Crippen LogP contribution in [0.5, 0.6) is 5.75 Å². The summed E-state index contributed by atoms with van der Waals surface area (Å²) in [5.41, 5.74) is 13.5. The van der Waals surface area contributed by atoms with E-state index in [0.29, 0.717) is 17.2 Å². The molecular weight excluding hydrogens is 477 g/mol. The molecule has 11 heteroatoms. The molecule has 0 aliphatic heterocycles. The number of carbonyl (C=O) groups excluding carboxylic acids is 2. The summed E-state index contributed by atoms with van der Waals surface area (Å²) in [5.74, 6) is -1.16. The second-order valence-corrected chi connectivity index (χ2v) is 8.25. The van der Waals surface area contributed by atoms with Crippen LogP contribution in [0.1, 0.15) is 33.8 Å². The van der Waals surface area contributed by atoms with Crippen LogP contribution in [-0.2, 0) is 11.3 Å². The Morgan fingerprint density at radius 3 is 2.31 bits per heavy atom. The predicted octanol–water partition coefficient (Wildman–Crippen LogP) is 4.98. The van der Waals surface area contributed by atoms with Gasteiger partial charge in [0.1, 0.15) is 6.61 Å². The molecule has 0 aromatic heterocycles. The fourth-order valence-corrected chi connectivity index (χ4v) is 3.54. The fraction of sp³-hybridized carbons (Fsp3) is 0.200. The minimum atomic E-state index is -5.06. The molecule has 0 radical (unpaired) electrons. The summed E-state index contributed by atoms with van der Waals surface area (Å²) in [4.78, 5) is 24.8. The number of halogens is 3. The van der Waals surface area contributed by atoms with Crippen molar-refractivity contribution in [2.75, 3.05) is 16.4 Å². The van der Waals surface area contributed by atoms with Gasteiger partial charge < -0.3 is 26.3 Å². The summed E-state index contributed by atoms with van der Waals surface area (Å²) in [6.07, 6.45) is -5.13. The molecule has 1 saturated carbocycles. The number of hydrogen-bond donors (Lipinski definition) is 4. The Kier molecular flexibility index (Phi) is 7.02. The first-order valence-corrected chi connectivity index (χ1v) is 10.9. The van der Waals surface area contributed by atoms with Crippen LogP contribution in [0.3, 0.4) is 0 Å². The van der Waals surface area contributed by atoms with E-state index in [0.717, 1.165) is 24.1 Å².